The maximum absolute atomic E-state index is 12.7. The van der Waals surface area contributed by atoms with E-state index in [-0.39, 0.29) is 46.4 Å². The van der Waals surface area contributed by atoms with Crippen molar-refractivity contribution >= 4 is 23.9 Å². The minimum Gasteiger partial charge on any atom is -0.425 e. The number of esters is 2. The molecule has 0 atom stereocenters. The smallest absolute Gasteiger partial charge is 0.390 e. The Morgan fingerprint density at radius 1 is 0.528 bits per heavy atom. The maximum atomic E-state index is 12.7. The molecule has 2 aromatic carbocycles. The van der Waals surface area contributed by atoms with E-state index >= 15 is 0 Å². The largest absolute Gasteiger partial charge is 0.425 e. The van der Waals surface area contributed by atoms with Crippen LogP contribution < -0.4 is 9.47 Å². The highest BCUT2D eigenvalue weighted by Gasteiger charge is 2.27. The van der Waals surface area contributed by atoms with Crippen molar-refractivity contribution < 1.29 is 38.4 Å². The fourth-order valence-corrected chi connectivity index (χ4v) is 4.67. The van der Waals surface area contributed by atoms with Gasteiger partial charge in [0.2, 0.25) is 0 Å². The first-order chi connectivity index (χ1) is 17.5. The monoisotopic (exact) mass is 494 g/mol. The Kier molecular flexibility index (Phi) is 8.71. The van der Waals surface area contributed by atoms with Crippen molar-refractivity contribution in [1.82, 2.24) is 0 Å². The van der Waals surface area contributed by atoms with Crippen molar-refractivity contribution in [2.75, 3.05) is 0 Å². The van der Waals surface area contributed by atoms with Crippen LogP contribution in [-0.2, 0) is 19.4 Å². The van der Waals surface area contributed by atoms with E-state index in [1.165, 1.54) is 24.3 Å². The zero-order valence-electron chi connectivity index (χ0n) is 20.1. The highest BCUT2D eigenvalue weighted by molar-refractivity contribution is 5.96. The summed E-state index contributed by atoms with van der Waals surface area (Å²) in [5, 5.41) is 0. The molecule has 190 valence electrons. The molecule has 0 aromatic heterocycles. The van der Waals surface area contributed by atoms with E-state index in [4.69, 9.17) is 19.2 Å². The van der Waals surface area contributed by atoms with Gasteiger partial charge in [-0.15, -0.1) is 0 Å². The van der Waals surface area contributed by atoms with Crippen LogP contribution in [0, 0.1) is 11.8 Å². The van der Waals surface area contributed by atoms with Crippen molar-refractivity contribution in [2.45, 2.75) is 64.2 Å². The molecule has 2 saturated carbocycles. The predicted octanol–water partition coefficient (Wildman–Crippen LogP) is 5.59. The molecule has 0 N–H and O–H groups in total. The van der Waals surface area contributed by atoms with Gasteiger partial charge in [-0.2, -0.15) is 0 Å². The average molecular weight is 495 g/mol. The van der Waals surface area contributed by atoms with E-state index in [9.17, 15) is 19.2 Å². The highest BCUT2D eigenvalue weighted by Crippen LogP contribution is 2.29. The molecular weight excluding hydrogens is 464 g/mol. The lowest BCUT2D eigenvalue weighted by Crippen LogP contribution is -2.24. The van der Waals surface area contributed by atoms with E-state index in [1.54, 1.807) is 24.3 Å². The van der Waals surface area contributed by atoms with Gasteiger partial charge in [0.25, 0.3) is 0 Å². The summed E-state index contributed by atoms with van der Waals surface area (Å²) in [6, 6.07) is 12.2. The molecule has 0 aliphatic heterocycles. The molecule has 36 heavy (non-hydrogen) atoms. The van der Waals surface area contributed by atoms with Gasteiger partial charge in [-0.05, 0) is 49.9 Å². The second kappa shape index (κ2) is 12.3. The van der Waals surface area contributed by atoms with E-state index in [0.29, 0.717) is 0 Å². The fraction of sp³-hybridized carbons (Fsp3) is 0.429. The molecule has 0 spiro atoms. The number of rotatable bonds is 6. The van der Waals surface area contributed by atoms with Crippen LogP contribution >= 0.6 is 0 Å². The van der Waals surface area contributed by atoms with Crippen LogP contribution in [0.4, 0.5) is 0 Å². The standard InChI is InChI=1S/C28H30O8/c29-25(19-11-3-1-4-12-19)33-23-17-9-7-15-21(23)27(31)35-36-28(32)22-16-8-10-18-24(22)34-26(30)20-13-5-2-6-14-20/h7-10,15-20H,1-6,11-14H2. The van der Waals surface area contributed by atoms with Crippen molar-refractivity contribution in [3.63, 3.8) is 0 Å². The Morgan fingerprint density at radius 3 is 1.28 bits per heavy atom. The Labute approximate surface area is 209 Å². The van der Waals surface area contributed by atoms with E-state index in [0.717, 1.165) is 64.2 Å². The van der Waals surface area contributed by atoms with Gasteiger partial charge >= 0.3 is 23.9 Å². The summed E-state index contributed by atoms with van der Waals surface area (Å²) in [7, 11) is 0. The van der Waals surface area contributed by atoms with Crippen LogP contribution in [0.25, 0.3) is 0 Å². The Morgan fingerprint density at radius 2 is 0.889 bits per heavy atom. The van der Waals surface area contributed by atoms with E-state index in [2.05, 4.69) is 0 Å². The number of carbonyl (C=O) groups excluding carboxylic acids is 4. The third-order valence-corrected chi connectivity index (χ3v) is 6.71. The minimum atomic E-state index is -0.993. The van der Waals surface area contributed by atoms with Crippen LogP contribution in [0.3, 0.4) is 0 Å². The molecule has 0 unspecified atom stereocenters. The van der Waals surface area contributed by atoms with Gasteiger partial charge in [0, 0.05) is 0 Å². The quantitative estimate of drug-likeness (QED) is 0.222. The minimum absolute atomic E-state index is 0.0379. The van der Waals surface area contributed by atoms with Gasteiger partial charge in [0.05, 0.1) is 11.8 Å². The van der Waals surface area contributed by atoms with E-state index < -0.39 is 11.9 Å². The van der Waals surface area contributed by atoms with Gasteiger partial charge < -0.3 is 9.47 Å². The number of carbonyl (C=O) groups is 4. The molecule has 0 bridgehead atoms. The summed E-state index contributed by atoms with van der Waals surface area (Å²) in [5.74, 6) is -3.09. The van der Waals surface area contributed by atoms with Gasteiger partial charge in [-0.1, -0.05) is 62.8 Å². The molecule has 0 heterocycles. The van der Waals surface area contributed by atoms with Crippen LogP contribution in [0.2, 0.25) is 0 Å². The summed E-state index contributed by atoms with van der Waals surface area (Å²) >= 11 is 0. The Hall–Kier alpha value is -3.68. The summed E-state index contributed by atoms with van der Waals surface area (Å²) in [6.45, 7) is 0. The van der Waals surface area contributed by atoms with Crippen LogP contribution in [0.15, 0.2) is 48.5 Å². The molecule has 0 amide bonds. The molecule has 2 aliphatic carbocycles. The van der Waals surface area contributed by atoms with Crippen LogP contribution in [0.5, 0.6) is 11.5 Å². The fourth-order valence-electron chi connectivity index (χ4n) is 4.67. The lowest BCUT2D eigenvalue weighted by atomic mass is 9.89. The van der Waals surface area contributed by atoms with Gasteiger partial charge in [0.1, 0.15) is 22.6 Å². The third kappa shape index (κ3) is 6.50. The van der Waals surface area contributed by atoms with Gasteiger partial charge in [-0.3, -0.25) is 9.59 Å². The maximum Gasteiger partial charge on any atom is 0.390 e. The van der Waals surface area contributed by atoms with Gasteiger partial charge in [-0.25, -0.2) is 19.4 Å². The summed E-state index contributed by atoms with van der Waals surface area (Å²) in [4.78, 5) is 59.9. The van der Waals surface area contributed by atoms with Crippen molar-refractivity contribution in [3.8, 4) is 11.5 Å². The number of para-hydroxylation sites is 2. The van der Waals surface area contributed by atoms with Crippen molar-refractivity contribution in [3.05, 3.63) is 59.7 Å². The number of hydrogen-bond donors (Lipinski definition) is 0. The Bertz CT molecular complexity index is 1010. The summed E-state index contributed by atoms with van der Waals surface area (Å²) in [6.07, 6.45) is 9.10. The zero-order chi connectivity index (χ0) is 25.3. The molecule has 2 fully saturated rings. The molecular formula is C28H30O8. The molecule has 0 saturated heterocycles. The molecule has 4 rings (SSSR count). The Balaban J connectivity index is 1.37. The van der Waals surface area contributed by atoms with Crippen molar-refractivity contribution in [2.24, 2.45) is 11.8 Å². The van der Waals surface area contributed by atoms with Crippen LogP contribution in [-0.4, -0.2) is 23.9 Å². The second-order valence-corrected chi connectivity index (χ2v) is 9.25. The first-order valence-corrected chi connectivity index (χ1v) is 12.6. The highest BCUT2D eigenvalue weighted by atomic mass is 17.2. The third-order valence-electron chi connectivity index (χ3n) is 6.71. The van der Waals surface area contributed by atoms with Crippen molar-refractivity contribution in [1.29, 1.82) is 0 Å². The molecule has 2 aromatic rings. The topological polar surface area (TPSA) is 105 Å². The molecule has 8 heteroatoms. The second-order valence-electron chi connectivity index (χ2n) is 9.25. The summed E-state index contributed by atoms with van der Waals surface area (Å²) in [5.41, 5.74) is -0.0991. The average Bonchev–Trinajstić information content (AvgIpc) is 2.93. The summed E-state index contributed by atoms with van der Waals surface area (Å²) < 4.78 is 11.0. The van der Waals surface area contributed by atoms with E-state index in [1.807, 2.05) is 0 Å². The SMILES string of the molecule is O=C(OOC(=O)c1ccccc1OC(=O)C1CCCCC1)c1ccccc1OC(=O)C1CCCCC1. The van der Waals surface area contributed by atoms with Crippen LogP contribution in [0.1, 0.15) is 84.9 Å². The normalized spacial score (nSPS) is 16.6. The molecule has 8 nitrogen and oxygen atoms in total. The zero-order valence-corrected chi connectivity index (χ0v) is 20.1. The lowest BCUT2D eigenvalue weighted by molar-refractivity contribution is -0.187. The number of ether oxygens (including phenoxy) is 2. The number of hydrogen-bond acceptors (Lipinski definition) is 8. The molecule has 0 radical (unpaired) electrons. The molecule has 2 aliphatic rings. The lowest BCUT2D eigenvalue weighted by Gasteiger charge is -2.20. The first kappa shape index (κ1) is 25.4. The van der Waals surface area contributed by atoms with Gasteiger partial charge in [0.15, 0.2) is 0 Å². The predicted molar refractivity (Wildman–Crippen MR) is 128 cm³/mol. The first-order valence-electron chi connectivity index (χ1n) is 12.6. The number of benzene rings is 2.